The third-order valence-electron chi connectivity index (χ3n) is 2.50. The Morgan fingerprint density at radius 1 is 1.53 bits per heavy atom. The molecule has 1 aliphatic rings. The first-order valence-electron chi connectivity index (χ1n) is 5.51. The number of rotatable bonds is 2. The quantitative estimate of drug-likeness (QED) is 0.707. The SMILES string of the molecule is CCN(C(=O)OC1CCOC1)C(C)(C)C. The van der Waals surface area contributed by atoms with Gasteiger partial charge in [0.1, 0.15) is 6.10 Å². The Balaban J connectivity index is 2.49. The van der Waals surface area contributed by atoms with Crippen molar-refractivity contribution in [3.8, 4) is 0 Å². The minimum atomic E-state index is -0.236. The van der Waals surface area contributed by atoms with Gasteiger partial charge in [0, 0.05) is 18.5 Å². The predicted molar refractivity (Wildman–Crippen MR) is 57.8 cm³/mol. The zero-order valence-corrected chi connectivity index (χ0v) is 10.1. The van der Waals surface area contributed by atoms with Crippen molar-refractivity contribution in [1.29, 1.82) is 0 Å². The Hall–Kier alpha value is -0.770. The topological polar surface area (TPSA) is 38.8 Å². The van der Waals surface area contributed by atoms with E-state index >= 15 is 0 Å². The van der Waals surface area contributed by atoms with E-state index in [2.05, 4.69) is 0 Å². The molecule has 1 heterocycles. The van der Waals surface area contributed by atoms with Gasteiger partial charge < -0.3 is 14.4 Å². The molecular formula is C11H21NO3. The molecule has 0 aromatic carbocycles. The molecule has 0 aromatic heterocycles. The molecule has 1 atom stereocenters. The second-order valence-electron chi connectivity index (χ2n) is 4.78. The molecule has 1 rings (SSSR count). The summed E-state index contributed by atoms with van der Waals surface area (Å²) in [6, 6.07) is 0. The molecule has 4 heteroatoms. The van der Waals surface area contributed by atoms with E-state index in [1.807, 2.05) is 27.7 Å². The van der Waals surface area contributed by atoms with Gasteiger partial charge in [0.15, 0.2) is 0 Å². The molecular weight excluding hydrogens is 194 g/mol. The van der Waals surface area contributed by atoms with Crippen LogP contribution in [0.3, 0.4) is 0 Å². The van der Waals surface area contributed by atoms with Crippen molar-refractivity contribution in [3.63, 3.8) is 0 Å². The second kappa shape index (κ2) is 4.84. The van der Waals surface area contributed by atoms with Crippen LogP contribution in [-0.2, 0) is 9.47 Å². The van der Waals surface area contributed by atoms with Crippen molar-refractivity contribution in [1.82, 2.24) is 4.90 Å². The van der Waals surface area contributed by atoms with E-state index in [4.69, 9.17) is 9.47 Å². The van der Waals surface area contributed by atoms with Crippen LogP contribution >= 0.6 is 0 Å². The van der Waals surface area contributed by atoms with Gasteiger partial charge in [-0.2, -0.15) is 0 Å². The predicted octanol–water partition coefficient (Wildman–Crippen LogP) is 2.03. The van der Waals surface area contributed by atoms with Crippen molar-refractivity contribution < 1.29 is 14.3 Å². The number of hydrogen-bond donors (Lipinski definition) is 0. The van der Waals surface area contributed by atoms with Crippen LogP contribution < -0.4 is 0 Å². The van der Waals surface area contributed by atoms with Gasteiger partial charge in [-0.05, 0) is 27.7 Å². The van der Waals surface area contributed by atoms with Crippen LogP contribution in [0.2, 0.25) is 0 Å². The van der Waals surface area contributed by atoms with E-state index in [9.17, 15) is 4.79 Å². The molecule has 0 saturated carbocycles. The fourth-order valence-electron chi connectivity index (χ4n) is 1.69. The van der Waals surface area contributed by atoms with E-state index in [1.165, 1.54) is 0 Å². The Bertz CT molecular complexity index is 216. The average Bonchev–Trinajstić information content (AvgIpc) is 2.54. The van der Waals surface area contributed by atoms with Gasteiger partial charge in [-0.25, -0.2) is 4.79 Å². The van der Waals surface area contributed by atoms with Crippen LogP contribution in [0.5, 0.6) is 0 Å². The van der Waals surface area contributed by atoms with Gasteiger partial charge in [-0.3, -0.25) is 0 Å². The minimum Gasteiger partial charge on any atom is -0.444 e. The molecule has 0 bridgehead atoms. The second-order valence-corrected chi connectivity index (χ2v) is 4.78. The lowest BCUT2D eigenvalue weighted by molar-refractivity contribution is 0.0343. The first kappa shape index (κ1) is 12.3. The van der Waals surface area contributed by atoms with Gasteiger partial charge in [0.05, 0.1) is 13.2 Å². The first-order chi connectivity index (χ1) is 6.95. The van der Waals surface area contributed by atoms with Gasteiger partial charge >= 0.3 is 6.09 Å². The highest BCUT2D eigenvalue weighted by atomic mass is 16.6. The highest BCUT2D eigenvalue weighted by Crippen LogP contribution is 2.17. The first-order valence-corrected chi connectivity index (χ1v) is 5.51. The highest BCUT2D eigenvalue weighted by Gasteiger charge is 2.29. The van der Waals surface area contributed by atoms with E-state index < -0.39 is 0 Å². The number of carbonyl (C=O) groups is 1. The maximum Gasteiger partial charge on any atom is 0.410 e. The summed E-state index contributed by atoms with van der Waals surface area (Å²) < 4.78 is 10.5. The van der Waals surface area contributed by atoms with Crippen LogP contribution in [0.25, 0.3) is 0 Å². The van der Waals surface area contributed by atoms with E-state index in [0.29, 0.717) is 19.8 Å². The molecule has 1 fully saturated rings. The molecule has 1 aliphatic heterocycles. The van der Waals surface area contributed by atoms with Crippen molar-refractivity contribution in [2.75, 3.05) is 19.8 Å². The molecule has 0 N–H and O–H groups in total. The Kier molecular flexibility index (Phi) is 3.97. The molecule has 1 amide bonds. The van der Waals surface area contributed by atoms with Gasteiger partial charge in [0.2, 0.25) is 0 Å². The minimum absolute atomic E-state index is 0.0612. The third-order valence-corrected chi connectivity index (χ3v) is 2.50. The molecule has 0 spiro atoms. The zero-order valence-electron chi connectivity index (χ0n) is 10.1. The molecule has 1 saturated heterocycles. The van der Waals surface area contributed by atoms with Crippen molar-refractivity contribution in [2.45, 2.75) is 45.8 Å². The molecule has 0 radical (unpaired) electrons. The lowest BCUT2D eigenvalue weighted by Gasteiger charge is -2.34. The highest BCUT2D eigenvalue weighted by molar-refractivity contribution is 5.68. The summed E-state index contributed by atoms with van der Waals surface area (Å²) in [6.07, 6.45) is 0.516. The normalized spacial score (nSPS) is 21.5. The van der Waals surface area contributed by atoms with E-state index in [-0.39, 0.29) is 17.7 Å². The summed E-state index contributed by atoms with van der Waals surface area (Å²) in [7, 11) is 0. The van der Waals surface area contributed by atoms with Crippen LogP contribution in [0.1, 0.15) is 34.1 Å². The Morgan fingerprint density at radius 2 is 2.20 bits per heavy atom. The molecule has 88 valence electrons. The van der Waals surface area contributed by atoms with Crippen LogP contribution in [-0.4, -0.2) is 42.4 Å². The van der Waals surface area contributed by atoms with Crippen molar-refractivity contribution in [2.24, 2.45) is 0 Å². The summed E-state index contributed by atoms with van der Waals surface area (Å²) in [5.74, 6) is 0. The molecule has 0 aliphatic carbocycles. The summed E-state index contributed by atoms with van der Waals surface area (Å²) in [6.45, 7) is 9.86. The number of nitrogens with zero attached hydrogens (tertiary/aromatic N) is 1. The molecule has 4 nitrogen and oxygen atoms in total. The fraction of sp³-hybridized carbons (Fsp3) is 0.909. The maximum absolute atomic E-state index is 11.8. The zero-order chi connectivity index (χ0) is 11.5. The monoisotopic (exact) mass is 215 g/mol. The third kappa shape index (κ3) is 3.38. The summed E-state index contributed by atoms with van der Waals surface area (Å²) in [5, 5.41) is 0. The number of carbonyl (C=O) groups excluding carboxylic acids is 1. The fourth-order valence-corrected chi connectivity index (χ4v) is 1.69. The maximum atomic E-state index is 11.8. The molecule has 15 heavy (non-hydrogen) atoms. The van der Waals surface area contributed by atoms with Gasteiger partial charge in [-0.15, -0.1) is 0 Å². The average molecular weight is 215 g/mol. The Labute approximate surface area is 91.5 Å². The van der Waals surface area contributed by atoms with E-state index in [1.54, 1.807) is 4.90 Å². The number of amides is 1. The number of ether oxygens (including phenoxy) is 2. The lowest BCUT2D eigenvalue weighted by Crippen LogP contribution is -2.46. The smallest absolute Gasteiger partial charge is 0.410 e. The molecule has 0 aromatic rings. The van der Waals surface area contributed by atoms with E-state index in [0.717, 1.165) is 6.42 Å². The van der Waals surface area contributed by atoms with Crippen molar-refractivity contribution in [3.05, 3.63) is 0 Å². The van der Waals surface area contributed by atoms with Crippen LogP contribution in [0, 0.1) is 0 Å². The van der Waals surface area contributed by atoms with Gasteiger partial charge in [0.25, 0.3) is 0 Å². The van der Waals surface area contributed by atoms with Crippen LogP contribution in [0.15, 0.2) is 0 Å². The Morgan fingerprint density at radius 3 is 2.60 bits per heavy atom. The van der Waals surface area contributed by atoms with Gasteiger partial charge in [-0.1, -0.05) is 0 Å². The summed E-state index contributed by atoms with van der Waals surface area (Å²) in [5.41, 5.74) is -0.189. The summed E-state index contributed by atoms with van der Waals surface area (Å²) >= 11 is 0. The summed E-state index contributed by atoms with van der Waals surface area (Å²) in [4.78, 5) is 13.6. The van der Waals surface area contributed by atoms with Crippen LogP contribution in [0.4, 0.5) is 4.79 Å². The lowest BCUT2D eigenvalue weighted by atomic mass is 10.1. The standard InChI is InChI=1S/C11H21NO3/c1-5-12(11(2,3)4)10(13)15-9-6-7-14-8-9/h9H,5-8H2,1-4H3. The molecule has 1 unspecified atom stereocenters. The largest absolute Gasteiger partial charge is 0.444 e. The van der Waals surface area contributed by atoms with Crippen molar-refractivity contribution >= 4 is 6.09 Å². The number of hydrogen-bond acceptors (Lipinski definition) is 3.